The van der Waals surface area contributed by atoms with Crippen LogP contribution in [0.15, 0.2) is 0 Å². The average molecular weight is 197 g/mol. The molecule has 0 saturated carbocycles. The number of unbranched alkanes of at least 4 members (excludes halogenated alkanes) is 2. The second-order valence-electron chi connectivity index (χ2n) is 4.94. The number of hydrogen-bond donors (Lipinski definition) is 0. The Hall–Kier alpha value is -0.0400. The Bertz CT molecular complexity index is 142. The van der Waals surface area contributed by atoms with E-state index >= 15 is 0 Å². The molecule has 1 rings (SSSR count). The molecule has 0 aromatic carbocycles. The smallest absolute Gasteiger partial charge is 0.00898 e. The minimum absolute atomic E-state index is 0.873. The summed E-state index contributed by atoms with van der Waals surface area (Å²) in [5, 5.41) is 0. The molecule has 1 aliphatic rings. The van der Waals surface area contributed by atoms with Gasteiger partial charge in [0.15, 0.2) is 0 Å². The zero-order valence-electron chi connectivity index (χ0n) is 10.3. The molecule has 14 heavy (non-hydrogen) atoms. The molecule has 0 radical (unpaired) electrons. The third-order valence-electron chi connectivity index (χ3n) is 3.76. The second kappa shape index (κ2) is 6.44. The van der Waals surface area contributed by atoms with Gasteiger partial charge in [-0.25, -0.2) is 0 Å². The Morgan fingerprint density at radius 2 is 1.93 bits per heavy atom. The first-order chi connectivity index (χ1) is 6.77. The molecular weight excluding hydrogens is 170 g/mol. The lowest BCUT2D eigenvalue weighted by molar-refractivity contribution is 0.128. The van der Waals surface area contributed by atoms with Crippen LogP contribution in [-0.4, -0.2) is 24.5 Å². The minimum atomic E-state index is 0.873. The minimum Gasteiger partial charge on any atom is -0.303 e. The standard InChI is InChI=1S/C13H27N/c1-4-6-7-8-12-9-10-13(5-2)14(3)11-12/h12-13H,4-11H2,1-3H3. The molecule has 1 heteroatoms. The van der Waals surface area contributed by atoms with Crippen LogP contribution in [0.25, 0.3) is 0 Å². The summed E-state index contributed by atoms with van der Waals surface area (Å²) in [5.41, 5.74) is 0. The van der Waals surface area contributed by atoms with Crippen LogP contribution in [0.3, 0.4) is 0 Å². The molecule has 0 bridgehead atoms. The van der Waals surface area contributed by atoms with Gasteiger partial charge in [-0.2, -0.15) is 0 Å². The van der Waals surface area contributed by atoms with Crippen molar-refractivity contribution in [1.29, 1.82) is 0 Å². The van der Waals surface area contributed by atoms with Gasteiger partial charge in [-0.1, -0.05) is 33.1 Å². The summed E-state index contributed by atoms with van der Waals surface area (Å²) >= 11 is 0. The second-order valence-corrected chi connectivity index (χ2v) is 4.94. The van der Waals surface area contributed by atoms with E-state index in [2.05, 4.69) is 25.8 Å². The van der Waals surface area contributed by atoms with Crippen LogP contribution in [0, 0.1) is 5.92 Å². The first kappa shape index (κ1) is 12.0. The van der Waals surface area contributed by atoms with Crippen LogP contribution in [-0.2, 0) is 0 Å². The van der Waals surface area contributed by atoms with Crippen molar-refractivity contribution < 1.29 is 0 Å². The van der Waals surface area contributed by atoms with Gasteiger partial charge < -0.3 is 4.90 Å². The van der Waals surface area contributed by atoms with Crippen molar-refractivity contribution in [2.75, 3.05) is 13.6 Å². The van der Waals surface area contributed by atoms with Crippen molar-refractivity contribution in [1.82, 2.24) is 4.90 Å². The van der Waals surface area contributed by atoms with Crippen LogP contribution in [0.2, 0.25) is 0 Å². The van der Waals surface area contributed by atoms with Gasteiger partial charge in [0.05, 0.1) is 0 Å². The first-order valence-electron chi connectivity index (χ1n) is 6.48. The molecule has 0 aromatic rings. The van der Waals surface area contributed by atoms with Gasteiger partial charge in [-0.3, -0.25) is 0 Å². The van der Waals surface area contributed by atoms with Crippen LogP contribution in [0.1, 0.15) is 58.8 Å². The molecule has 0 N–H and O–H groups in total. The summed E-state index contributed by atoms with van der Waals surface area (Å²) in [6.07, 6.45) is 9.95. The zero-order chi connectivity index (χ0) is 10.4. The Morgan fingerprint density at radius 1 is 1.14 bits per heavy atom. The fourth-order valence-corrected chi connectivity index (χ4v) is 2.73. The summed E-state index contributed by atoms with van der Waals surface area (Å²) in [6.45, 7) is 5.96. The summed E-state index contributed by atoms with van der Waals surface area (Å²) in [7, 11) is 2.31. The average Bonchev–Trinajstić information content (AvgIpc) is 2.18. The summed E-state index contributed by atoms with van der Waals surface area (Å²) in [4.78, 5) is 2.58. The zero-order valence-corrected chi connectivity index (χ0v) is 10.3. The van der Waals surface area contributed by atoms with Gasteiger partial charge in [0.25, 0.3) is 0 Å². The van der Waals surface area contributed by atoms with Crippen LogP contribution >= 0.6 is 0 Å². The van der Waals surface area contributed by atoms with E-state index in [9.17, 15) is 0 Å². The maximum atomic E-state index is 2.58. The number of rotatable bonds is 5. The number of likely N-dealkylation sites (tertiary alicyclic amines) is 1. The van der Waals surface area contributed by atoms with Crippen molar-refractivity contribution in [2.45, 2.75) is 64.8 Å². The van der Waals surface area contributed by atoms with Crippen LogP contribution in [0.5, 0.6) is 0 Å². The molecule has 1 nitrogen and oxygen atoms in total. The van der Waals surface area contributed by atoms with Gasteiger partial charge >= 0.3 is 0 Å². The van der Waals surface area contributed by atoms with E-state index in [-0.39, 0.29) is 0 Å². The van der Waals surface area contributed by atoms with Crippen molar-refractivity contribution in [3.63, 3.8) is 0 Å². The highest BCUT2D eigenvalue weighted by molar-refractivity contribution is 4.78. The Morgan fingerprint density at radius 3 is 2.50 bits per heavy atom. The van der Waals surface area contributed by atoms with E-state index in [1.165, 1.54) is 51.5 Å². The number of piperidine rings is 1. The SMILES string of the molecule is CCCCCC1CCC(CC)N(C)C1. The van der Waals surface area contributed by atoms with Gasteiger partial charge in [-0.05, 0) is 38.6 Å². The highest BCUT2D eigenvalue weighted by Gasteiger charge is 2.23. The van der Waals surface area contributed by atoms with E-state index in [0.29, 0.717) is 0 Å². The predicted octanol–water partition coefficient (Wildman–Crippen LogP) is 3.69. The topological polar surface area (TPSA) is 3.24 Å². The molecule has 0 amide bonds. The molecule has 1 aliphatic heterocycles. The van der Waals surface area contributed by atoms with Crippen molar-refractivity contribution in [2.24, 2.45) is 5.92 Å². The molecule has 1 heterocycles. The van der Waals surface area contributed by atoms with Gasteiger partial charge in [0, 0.05) is 12.6 Å². The molecule has 0 aliphatic carbocycles. The molecule has 2 unspecified atom stereocenters. The summed E-state index contributed by atoms with van der Waals surface area (Å²) in [5.74, 6) is 0.995. The maximum Gasteiger partial charge on any atom is 0.00898 e. The first-order valence-corrected chi connectivity index (χ1v) is 6.48. The molecule has 84 valence electrons. The molecule has 1 fully saturated rings. The fraction of sp³-hybridized carbons (Fsp3) is 1.00. The van der Waals surface area contributed by atoms with Crippen LogP contribution in [0.4, 0.5) is 0 Å². The molecule has 0 spiro atoms. The molecule has 1 saturated heterocycles. The van der Waals surface area contributed by atoms with Gasteiger partial charge in [0.1, 0.15) is 0 Å². The van der Waals surface area contributed by atoms with Crippen molar-refractivity contribution in [3.05, 3.63) is 0 Å². The highest BCUT2D eigenvalue weighted by atomic mass is 15.1. The highest BCUT2D eigenvalue weighted by Crippen LogP contribution is 2.26. The Balaban J connectivity index is 2.18. The predicted molar refractivity (Wildman–Crippen MR) is 63.6 cm³/mol. The van der Waals surface area contributed by atoms with E-state index in [1.807, 2.05) is 0 Å². The number of hydrogen-bond acceptors (Lipinski definition) is 1. The molecular formula is C13H27N. The lowest BCUT2D eigenvalue weighted by atomic mass is 9.88. The van der Waals surface area contributed by atoms with Gasteiger partial charge in [0.2, 0.25) is 0 Å². The third kappa shape index (κ3) is 3.61. The summed E-state index contributed by atoms with van der Waals surface area (Å²) < 4.78 is 0. The van der Waals surface area contributed by atoms with E-state index in [4.69, 9.17) is 0 Å². The lowest BCUT2D eigenvalue weighted by Crippen LogP contribution is -2.40. The monoisotopic (exact) mass is 197 g/mol. The third-order valence-corrected chi connectivity index (χ3v) is 3.76. The molecule has 2 atom stereocenters. The van der Waals surface area contributed by atoms with Gasteiger partial charge in [-0.15, -0.1) is 0 Å². The van der Waals surface area contributed by atoms with Crippen molar-refractivity contribution >= 4 is 0 Å². The van der Waals surface area contributed by atoms with E-state index in [1.54, 1.807) is 0 Å². The Labute approximate surface area is 89.9 Å². The quantitative estimate of drug-likeness (QED) is 0.608. The summed E-state index contributed by atoms with van der Waals surface area (Å²) in [6, 6.07) is 0.873. The van der Waals surface area contributed by atoms with E-state index in [0.717, 1.165) is 12.0 Å². The van der Waals surface area contributed by atoms with E-state index < -0.39 is 0 Å². The largest absolute Gasteiger partial charge is 0.303 e. The fourth-order valence-electron chi connectivity index (χ4n) is 2.73. The normalized spacial score (nSPS) is 29.4. The maximum absolute atomic E-state index is 2.58. The molecule has 0 aromatic heterocycles. The van der Waals surface area contributed by atoms with Crippen molar-refractivity contribution in [3.8, 4) is 0 Å². The number of nitrogens with zero attached hydrogens (tertiary/aromatic N) is 1. The lowest BCUT2D eigenvalue weighted by Gasteiger charge is -2.36. The Kier molecular flexibility index (Phi) is 5.54. The van der Waals surface area contributed by atoms with Crippen LogP contribution < -0.4 is 0 Å².